The molecule has 0 spiro atoms. The molecule has 10 nitrogen and oxygen atoms in total. The van der Waals surface area contributed by atoms with Crippen LogP contribution in [-0.2, 0) is 14.4 Å². The molecule has 2 aromatic rings. The molecule has 0 saturated heterocycles. The van der Waals surface area contributed by atoms with Gasteiger partial charge in [-0.1, -0.05) is 12.1 Å². The second-order valence-electron chi connectivity index (χ2n) is 5.98. The summed E-state index contributed by atoms with van der Waals surface area (Å²) in [6.45, 7) is 4.10. The molecule has 0 bridgehead atoms. The van der Waals surface area contributed by atoms with E-state index >= 15 is 0 Å². The van der Waals surface area contributed by atoms with Gasteiger partial charge in [0.1, 0.15) is 5.75 Å². The van der Waals surface area contributed by atoms with Gasteiger partial charge >= 0.3 is 11.8 Å². The maximum atomic E-state index is 12.1. The van der Waals surface area contributed by atoms with Crippen LogP contribution in [0, 0.1) is 0 Å². The van der Waals surface area contributed by atoms with Crippen LogP contribution in [0.1, 0.15) is 19.4 Å². The number of ether oxygens (including phenoxy) is 3. The normalized spacial score (nSPS) is 10.4. The van der Waals surface area contributed by atoms with Gasteiger partial charge < -0.3 is 25.3 Å². The Hall–Kier alpha value is -4.08. The average Bonchev–Trinajstić information content (AvgIpc) is 2.74. The third kappa shape index (κ3) is 7.35. The molecule has 0 aliphatic carbocycles. The first-order valence-electron chi connectivity index (χ1n) is 9.48. The van der Waals surface area contributed by atoms with Crippen molar-refractivity contribution in [1.82, 2.24) is 5.43 Å². The fraction of sp³-hybridized carbons (Fsp3) is 0.238. The zero-order valence-corrected chi connectivity index (χ0v) is 17.2. The average molecular weight is 428 g/mol. The van der Waals surface area contributed by atoms with Crippen LogP contribution in [-0.4, -0.2) is 43.8 Å². The SMILES string of the molecule is CCOc1ccccc1NC(=O)C(=O)N/N=C/c1ccc(OCC(N)=O)c(OCC)c1. The van der Waals surface area contributed by atoms with E-state index in [1.807, 2.05) is 6.92 Å². The van der Waals surface area contributed by atoms with Crippen LogP contribution >= 0.6 is 0 Å². The molecular weight excluding hydrogens is 404 g/mol. The number of nitrogens with one attached hydrogen (secondary N) is 2. The summed E-state index contributed by atoms with van der Waals surface area (Å²) in [5.41, 5.74) is 8.18. The van der Waals surface area contributed by atoms with Crippen molar-refractivity contribution in [3.8, 4) is 17.2 Å². The first-order chi connectivity index (χ1) is 14.9. The van der Waals surface area contributed by atoms with Crippen molar-refractivity contribution < 1.29 is 28.6 Å². The van der Waals surface area contributed by atoms with Gasteiger partial charge in [0.2, 0.25) is 0 Å². The number of hydrazone groups is 1. The van der Waals surface area contributed by atoms with E-state index in [4.69, 9.17) is 19.9 Å². The van der Waals surface area contributed by atoms with Gasteiger partial charge in [-0.25, -0.2) is 5.43 Å². The Morgan fingerprint density at radius 3 is 2.35 bits per heavy atom. The standard InChI is InChI=1S/C21H24N4O6/c1-3-29-16-8-6-5-7-15(16)24-20(27)21(28)25-23-12-14-9-10-17(31-13-19(22)26)18(11-14)30-4-2/h5-12H,3-4,13H2,1-2H3,(H2,22,26)(H,24,27)(H,25,28)/b23-12+. The van der Waals surface area contributed by atoms with E-state index < -0.39 is 17.7 Å². The number of amides is 3. The van der Waals surface area contributed by atoms with Gasteiger partial charge in [-0.15, -0.1) is 0 Å². The minimum Gasteiger partial charge on any atom is -0.492 e. The molecule has 0 aliphatic rings. The van der Waals surface area contributed by atoms with Crippen molar-refractivity contribution in [2.45, 2.75) is 13.8 Å². The highest BCUT2D eigenvalue weighted by Gasteiger charge is 2.15. The first-order valence-corrected chi connectivity index (χ1v) is 9.48. The van der Waals surface area contributed by atoms with Gasteiger partial charge in [0, 0.05) is 0 Å². The fourth-order valence-electron chi connectivity index (χ4n) is 2.39. The summed E-state index contributed by atoms with van der Waals surface area (Å²) in [5.74, 6) is -1.28. The second-order valence-corrected chi connectivity index (χ2v) is 5.98. The highest BCUT2D eigenvalue weighted by atomic mass is 16.5. The fourth-order valence-corrected chi connectivity index (χ4v) is 2.39. The summed E-state index contributed by atoms with van der Waals surface area (Å²) in [6, 6.07) is 11.6. The summed E-state index contributed by atoms with van der Waals surface area (Å²) in [6.07, 6.45) is 1.33. The van der Waals surface area contributed by atoms with Crippen LogP contribution in [0.4, 0.5) is 5.69 Å². The first kappa shape index (κ1) is 23.2. The Kier molecular flexibility index (Phi) is 8.84. The lowest BCUT2D eigenvalue weighted by molar-refractivity contribution is -0.136. The highest BCUT2D eigenvalue weighted by molar-refractivity contribution is 6.39. The Labute approximate surface area is 179 Å². The smallest absolute Gasteiger partial charge is 0.329 e. The van der Waals surface area contributed by atoms with Gasteiger partial charge in [-0.2, -0.15) is 5.10 Å². The minimum absolute atomic E-state index is 0.287. The molecule has 0 radical (unpaired) electrons. The van der Waals surface area contributed by atoms with Crippen LogP contribution < -0.4 is 30.7 Å². The third-order valence-electron chi connectivity index (χ3n) is 3.66. The molecule has 4 N–H and O–H groups in total. The van der Waals surface area contributed by atoms with E-state index in [1.54, 1.807) is 49.4 Å². The zero-order chi connectivity index (χ0) is 22.6. The van der Waals surface area contributed by atoms with Gasteiger partial charge in [0.05, 0.1) is 25.1 Å². The van der Waals surface area contributed by atoms with E-state index in [1.165, 1.54) is 6.21 Å². The molecule has 0 heterocycles. The number of carbonyl (C=O) groups is 3. The Morgan fingerprint density at radius 1 is 0.935 bits per heavy atom. The molecule has 31 heavy (non-hydrogen) atoms. The number of hydrogen-bond acceptors (Lipinski definition) is 7. The van der Waals surface area contributed by atoms with Crippen molar-refractivity contribution in [3.05, 3.63) is 48.0 Å². The number of hydrogen-bond donors (Lipinski definition) is 3. The molecule has 0 saturated carbocycles. The van der Waals surface area contributed by atoms with Crippen molar-refractivity contribution in [3.63, 3.8) is 0 Å². The third-order valence-corrected chi connectivity index (χ3v) is 3.66. The van der Waals surface area contributed by atoms with E-state index in [2.05, 4.69) is 15.8 Å². The predicted octanol–water partition coefficient (Wildman–Crippen LogP) is 1.44. The summed E-state index contributed by atoms with van der Waals surface area (Å²) in [4.78, 5) is 35.0. The number of para-hydroxylation sites is 2. The van der Waals surface area contributed by atoms with Crippen LogP contribution in [0.5, 0.6) is 17.2 Å². The number of rotatable bonds is 10. The molecule has 0 unspecified atom stereocenters. The number of nitrogens with two attached hydrogens (primary N) is 1. The largest absolute Gasteiger partial charge is 0.492 e. The topological polar surface area (TPSA) is 141 Å². The van der Waals surface area contributed by atoms with Gasteiger partial charge in [0.25, 0.3) is 5.91 Å². The predicted molar refractivity (Wildman–Crippen MR) is 114 cm³/mol. The lowest BCUT2D eigenvalue weighted by Gasteiger charge is -2.11. The van der Waals surface area contributed by atoms with Crippen LogP contribution in [0.2, 0.25) is 0 Å². The maximum absolute atomic E-state index is 12.1. The summed E-state index contributed by atoms with van der Waals surface area (Å²) < 4.78 is 16.2. The number of anilines is 1. The monoisotopic (exact) mass is 428 g/mol. The van der Waals surface area contributed by atoms with Crippen molar-refractivity contribution in [2.75, 3.05) is 25.1 Å². The Morgan fingerprint density at radius 2 is 1.65 bits per heavy atom. The maximum Gasteiger partial charge on any atom is 0.329 e. The van der Waals surface area contributed by atoms with E-state index in [0.29, 0.717) is 41.7 Å². The molecule has 2 aromatic carbocycles. The second kappa shape index (κ2) is 11.8. The molecule has 0 aromatic heterocycles. The molecule has 2 rings (SSSR count). The number of carbonyl (C=O) groups excluding carboxylic acids is 3. The van der Waals surface area contributed by atoms with Crippen molar-refractivity contribution in [1.29, 1.82) is 0 Å². The van der Waals surface area contributed by atoms with Crippen LogP contribution in [0.25, 0.3) is 0 Å². The highest BCUT2D eigenvalue weighted by Crippen LogP contribution is 2.28. The molecule has 0 aliphatic heterocycles. The molecule has 0 atom stereocenters. The van der Waals surface area contributed by atoms with Gasteiger partial charge in [0.15, 0.2) is 18.1 Å². The minimum atomic E-state index is -0.950. The van der Waals surface area contributed by atoms with Crippen molar-refractivity contribution in [2.24, 2.45) is 10.8 Å². The van der Waals surface area contributed by atoms with Gasteiger partial charge in [-0.05, 0) is 49.7 Å². The summed E-state index contributed by atoms with van der Waals surface area (Å²) in [7, 11) is 0. The molecule has 3 amide bonds. The van der Waals surface area contributed by atoms with Crippen LogP contribution in [0.15, 0.2) is 47.6 Å². The van der Waals surface area contributed by atoms with E-state index in [9.17, 15) is 14.4 Å². The summed E-state index contributed by atoms with van der Waals surface area (Å²) >= 11 is 0. The van der Waals surface area contributed by atoms with Crippen LogP contribution in [0.3, 0.4) is 0 Å². The molecule has 0 fully saturated rings. The van der Waals surface area contributed by atoms with E-state index in [-0.39, 0.29) is 6.61 Å². The number of nitrogens with zero attached hydrogens (tertiary/aromatic N) is 1. The van der Waals surface area contributed by atoms with Crippen molar-refractivity contribution >= 4 is 29.6 Å². The number of benzene rings is 2. The lowest BCUT2D eigenvalue weighted by Crippen LogP contribution is -2.32. The molecule has 164 valence electrons. The lowest BCUT2D eigenvalue weighted by atomic mass is 10.2. The zero-order valence-electron chi connectivity index (χ0n) is 17.2. The molecular formula is C21H24N4O6. The Balaban J connectivity index is 1.99. The van der Waals surface area contributed by atoms with Gasteiger partial charge in [-0.3, -0.25) is 14.4 Å². The quantitative estimate of drug-likeness (QED) is 0.297. The summed E-state index contributed by atoms with van der Waals surface area (Å²) in [5, 5.41) is 6.26. The van der Waals surface area contributed by atoms with E-state index in [0.717, 1.165) is 0 Å². The Bertz CT molecular complexity index is 961. The molecule has 10 heteroatoms. The number of primary amides is 1.